The second-order valence-corrected chi connectivity index (χ2v) is 8.90. The van der Waals surface area contributed by atoms with Crippen LogP contribution < -0.4 is 9.88 Å². The number of hydrogen-bond acceptors (Lipinski definition) is 5. The first kappa shape index (κ1) is 17.9. The van der Waals surface area contributed by atoms with E-state index in [0.29, 0.717) is 12.0 Å². The second kappa shape index (κ2) is 6.76. The first-order valence-corrected chi connectivity index (χ1v) is 9.91. The topological polar surface area (TPSA) is 104 Å². The quantitative estimate of drug-likeness (QED) is 0.753. The molecule has 0 saturated carbocycles. The van der Waals surface area contributed by atoms with Crippen LogP contribution in [0.3, 0.4) is 0 Å². The number of sulfone groups is 1. The molecule has 0 bridgehead atoms. The van der Waals surface area contributed by atoms with Crippen LogP contribution in [0.25, 0.3) is 0 Å². The number of hydrogen-bond donors (Lipinski definition) is 1. The monoisotopic (exact) mass is 335 g/mol. The molecular formula is C13H21NO5S2. The van der Waals surface area contributed by atoms with Crippen molar-refractivity contribution < 1.29 is 21.6 Å². The number of ether oxygens (including phenoxy) is 1. The van der Waals surface area contributed by atoms with E-state index in [1.807, 2.05) is 0 Å². The van der Waals surface area contributed by atoms with Crippen molar-refractivity contribution in [2.75, 3.05) is 18.1 Å². The van der Waals surface area contributed by atoms with Crippen LogP contribution in [-0.4, -0.2) is 34.9 Å². The molecule has 1 aromatic rings. The Hall–Kier alpha value is -1.12. The maximum absolute atomic E-state index is 11.6. The summed E-state index contributed by atoms with van der Waals surface area (Å²) in [6, 6.07) is 3.23. The molecule has 0 fully saturated rings. The van der Waals surface area contributed by atoms with E-state index in [1.54, 1.807) is 26.8 Å². The summed E-state index contributed by atoms with van der Waals surface area (Å²) < 4.78 is 51.4. The van der Waals surface area contributed by atoms with Gasteiger partial charge in [0.15, 0.2) is 0 Å². The van der Waals surface area contributed by atoms with E-state index in [1.165, 1.54) is 6.07 Å². The van der Waals surface area contributed by atoms with Crippen LogP contribution in [0.1, 0.15) is 24.5 Å². The molecule has 0 aliphatic heterocycles. The molecule has 1 rings (SSSR count). The van der Waals surface area contributed by atoms with Gasteiger partial charge in [0.1, 0.15) is 20.5 Å². The number of sulfonamides is 1. The zero-order valence-corrected chi connectivity index (χ0v) is 14.1. The summed E-state index contributed by atoms with van der Waals surface area (Å²) in [5.74, 6) is 0.287. The van der Waals surface area contributed by atoms with Crippen molar-refractivity contribution in [3.8, 4) is 5.75 Å². The molecule has 21 heavy (non-hydrogen) atoms. The Kier molecular flexibility index (Phi) is 5.77. The van der Waals surface area contributed by atoms with Gasteiger partial charge < -0.3 is 4.74 Å². The summed E-state index contributed by atoms with van der Waals surface area (Å²) in [4.78, 5) is -0.0710. The fourth-order valence-corrected chi connectivity index (χ4v) is 3.58. The average Bonchev–Trinajstić information content (AvgIpc) is 2.34. The van der Waals surface area contributed by atoms with E-state index in [9.17, 15) is 16.8 Å². The standard InChI is InChI=1S/C13H21NO5S2/c1-4-20(15,16)7-5-6-19-13-11(3)8-10(2)9-12(13)21(14,17)18/h8-9H,4-7H2,1-3H3,(H2,14,17,18). The first-order valence-electron chi connectivity index (χ1n) is 6.54. The first-order chi connectivity index (χ1) is 9.57. The van der Waals surface area contributed by atoms with Gasteiger partial charge in [-0.25, -0.2) is 22.0 Å². The van der Waals surface area contributed by atoms with Crippen LogP contribution >= 0.6 is 0 Å². The molecular weight excluding hydrogens is 314 g/mol. The SMILES string of the molecule is CCS(=O)(=O)CCCOc1c(C)cc(C)cc1S(N)(=O)=O. The highest BCUT2D eigenvalue weighted by Gasteiger charge is 2.18. The van der Waals surface area contributed by atoms with Gasteiger partial charge in [0.2, 0.25) is 10.0 Å². The van der Waals surface area contributed by atoms with Crippen molar-refractivity contribution in [3.05, 3.63) is 23.3 Å². The Morgan fingerprint density at radius 2 is 1.76 bits per heavy atom. The largest absolute Gasteiger partial charge is 0.492 e. The summed E-state index contributed by atoms with van der Waals surface area (Å²) >= 11 is 0. The molecule has 0 unspecified atom stereocenters. The smallest absolute Gasteiger partial charge is 0.241 e. The van der Waals surface area contributed by atoms with Gasteiger partial charge in [0.05, 0.1) is 12.4 Å². The van der Waals surface area contributed by atoms with Crippen LogP contribution in [0.4, 0.5) is 0 Å². The maximum atomic E-state index is 11.6. The van der Waals surface area contributed by atoms with Crippen LogP contribution in [0.5, 0.6) is 5.75 Å². The van der Waals surface area contributed by atoms with Gasteiger partial charge in [0.25, 0.3) is 0 Å². The Morgan fingerprint density at radius 1 is 1.14 bits per heavy atom. The van der Waals surface area contributed by atoms with Gasteiger partial charge in [-0.15, -0.1) is 0 Å². The molecule has 0 amide bonds. The number of aryl methyl sites for hydroxylation is 2. The predicted molar refractivity (Wildman–Crippen MR) is 81.7 cm³/mol. The van der Waals surface area contributed by atoms with E-state index < -0.39 is 19.9 Å². The minimum Gasteiger partial charge on any atom is -0.492 e. The molecule has 0 saturated heterocycles. The molecule has 0 aromatic heterocycles. The van der Waals surface area contributed by atoms with Gasteiger partial charge in [-0.1, -0.05) is 13.0 Å². The molecule has 2 N–H and O–H groups in total. The number of nitrogens with two attached hydrogens (primary N) is 1. The minimum absolute atomic E-state index is 0.0130. The zero-order chi connectivity index (χ0) is 16.3. The van der Waals surface area contributed by atoms with Gasteiger partial charge in [0, 0.05) is 5.75 Å². The number of benzene rings is 1. The molecule has 8 heteroatoms. The number of primary sulfonamides is 1. The predicted octanol–water partition coefficient (Wildman–Crippen LogP) is 1.15. The normalized spacial score (nSPS) is 12.4. The van der Waals surface area contributed by atoms with E-state index in [0.717, 1.165) is 5.56 Å². The third-order valence-electron chi connectivity index (χ3n) is 2.98. The van der Waals surface area contributed by atoms with Crippen molar-refractivity contribution in [1.82, 2.24) is 0 Å². The van der Waals surface area contributed by atoms with Crippen molar-refractivity contribution >= 4 is 19.9 Å². The highest BCUT2D eigenvalue weighted by Crippen LogP contribution is 2.28. The Bertz CT molecular complexity index is 708. The number of rotatable bonds is 7. The summed E-state index contributed by atoms with van der Waals surface area (Å²) in [5, 5.41) is 5.19. The molecule has 1 aromatic carbocycles. The lowest BCUT2D eigenvalue weighted by molar-refractivity contribution is 0.307. The zero-order valence-electron chi connectivity index (χ0n) is 12.4. The lowest BCUT2D eigenvalue weighted by atomic mass is 10.1. The summed E-state index contributed by atoms with van der Waals surface area (Å²) in [7, 11) is -6.94. The molecule has 0 aliphatic carbocycles. The van der Waals surface area contributed by atoms with E-state index in [4.69, 9.17) is 9.88 Å². The van der Waals surface area contributed by atoms with Crippen LogP contribution in [0.15, 0.2) is 17.0 Å². The van der Waals surface area contributed by atoms with Crippen molar-refractivity contribution in [3.63, 3.8) is 0 Å². The lowest BCUT2D eigenvalue weighted by Gasteiger charge is -2.14. The van der Waals surface area contributed by atoms with E-state index in [-0.39, 0.29) is 28.8 Å². The molecule has 6 nitrogen and oxygen atoms in total. The molecule has 120 valence electrons. The molecule has 0 aliphatic rings. The Labute approximate surface area is 126 Å². The van der Waals surface area contributed by atoms with Gasteiger partial charge in [-0.3, -0.25) is 0 Å². The summed E-state index contributed by atoms with van der Waals surface area (Å²) in [5.41, 5.74) is 1.41. The van der Waals surface area contributed by atoms with E-state index in [2.05, 4.69) is 0 Å². The van der Waals surface area contributed by atoms with Crippen molar-refractivity contribution in [1.29, 1.82) is 0 Å². The Morgan fingerprint density at radius 3 is 2.29 bits per heavy atom. The van der Waals surface area contributed by atoms with E-state index >= 15 is 0 Å². The molecule has 0 heterocycles. The summed E-state index contributed by atoms with van der Waals surface area (Å²) in [6.07, 6.45) is 0.299. The average molecular weight is 335 g/mol. The fourth-order valence-electron chi connectivity index (χ4n) is 1.91. The third kappa shape index (κ3) is 5.29. The van der Waals surface area contributed by atoms with Gasteiger partial charge in [-0.05, 0) is 37.5 Å². The highest BCUT2D eigenvalue weighted by molar-refractivity contribution is 7.91. The minimum atomic E-state index is -3.89. The van der Waals surface area contributed by atoms with Crippen LogP contribution in [0.2, 0.25) is 0 Å². The lowest BCUT2D eigenvalue weighted by Crippen LogP contribution is -2.16. The van der Waals surface area contributed by atoms with Gasteiger partial charge >= 0.3 is 0 Å². The van der Waals surface area contributed by atoms with Crippen LogP contribution in [-0.2, 0) is 19.9 Å². The van der Waals surface area contributed by atoms with Crippen LogP contribution in [0, 0.1) is 13.8 Å². The van der Waals surface area contributed by atoms with Crippen molar-refractivity contribution in [2.24, 2.45) is 5.14 Å². The second-order valence-electron chi connectivity index (χ2n) is 4.89. The third-order valence-corrected chi connectivity index (χ3v) is 5.68. The molecule has 0 atom stereocenters. The highest BCUT2D eigenvalue weighted by atomic mass is 32.2. The molecule has 0 radical (unpaired) electrons. The summed E-state index contributed by atoms with van der Waals surface area (Å²) in [6.45, 7) is 5.18. The van der Waals surface area contributed by atoms with Gasteiger partial charge in [-0.2, -0.15) is 0 Å². The maximum Gasteiger partial charge on any atom is 0.241 e. The fraction of sp³-hybridized carbons (Fsp3) is 0.538. The Balaban J connectivity index is 2.89. The van der Waals surface area contributed by atoms with Crippen molar-refractivity contribution in [2.45, 2.75) is 32.1 Å². The molecule has 0 spiro atoms.